The Morgan fingerprint density at radius 2 is 1.76 bits per heavy atom. The number of pyridine rings is 2. The van der Waals surface area contributed by atoms with E-state index in [-0.39, 0.29) is 27.7 Å². The van der Waals surface area contributed by atoms with Gasteiger partial charge in [-0.05, 0) is 56.7 Å². The quantitative estimate of drug-likeness (QED) is 0.285. The van der Waals surface area contributed by atoms with Gasteiger partial charge in [-0.1, -0.05) is 23.4 Å². The minimum absolute atomic E-state index is 0.0310. The van der Waals surface area contributed by atoms with E-state index >= 15 is 0 Å². The fourth-order valence-electron chi connectivity index (χ4n) is 4.70. The van der Waals surface area contributed by atoms with E-state index in [4.69, 9.17) is 4.52 Å². The second-order valence-corrected chi connectivity index (χ2v) is 8.70. The molecule has 188 valence electrons. The first kappa shape index (κ1) is 24.2. The molecular weight excluding hydrogens is 485 g/mol. The van der Waals surface area contributed by atoms with E-state index in [1.807, 2.05) is 0 Å². The zero-order chi connectivity index (χ0) is 26.5. The molecule has 0 radical (unpaired) electrons. The van der Waals surface area contributed by atoms with Crippen molar-refractivity contribution in [3.8, 4) is 22.3 Å². The Bertz CT molecular complexity index is 1600. The number of halogens is 3. The van der Waals surface area contributed by atoms with Gasteiger partial charge in [0.1, 0.15) is 11.5 Å². The van der Waals surface area contributed by atoms with Gasteiger partial charge in [-0.2, -0.15) is 13.2 Å². The molecule has 0 amide bonds. The van der Waals surface area contributed by atoms with Crippen LogP contribution in [-0.4, -0.2) is 30.8 Å². The highest BCUT2D eigenvalue weighted by molar-refractivity contribution is 5.98. The summed E-state index contributed by atoms with van der Waals surface area (Å²) in [5.74, 6) is -0.647. The van der Waals surface area contributed by atoms with Crippen LogP contribution in [0.25, 0.3) is 33.3 Å². The van der Waals surface area contributed by atoms with Crippen LogP contribution >= 0.6 is 0 Å². The molecule has 5 aromatic rings. The van der Waals surface area contributed by atoms with Gasteiger partial charge in [0.2, 0.25) is 0 Å². The fraction of sp³-hybridized carbons (Fsp3) is 0.185. The predicted molar refractivity (Wildman–Crippen MR) is 130 cm³/mol. The SMILES string of the molecule is Cc1noc(C)c1-c1cnc2c(-c3ccc(C(=O)O)cc3)c(C(F)(F)F)n([C@@H](C)c3ccccn3)c2c1. The summed E-state index contributed by atoms with van der Waals surface area (Å²) < 4.78 is 51.0. The standard InChI is InChI=1S/C27H21F3N4O3/c1-14-22(16(3)37-33-14)19-12-21-24(32-13-19)23(17-7-9-18(10-8-17)26(35)36)25(27(28,29)30)34(21)15(2)20-6-4-5-11-31-20/h4-13,15H,1-3H3,(H,35,36)/t15-/m0/s1. The number of nitrogens with zero attached hydrogens (tertiary/aromatic N) is 4. The van der Waals surface area contributed by atoms with Crippen LogP contribution in [-0.2, 0) is 6.18 Å². The molecule has 4 heterocycles. The Morgan fingerprint density at radius 3 is 2.32 bits per heavy atom. The monoisotopic (exact) mass is 506 g/mol. The number of aromatic nitrogens is 4. The number of carboxylic acid groups (broad SMARTS) is 1. The molecule has 0 bridgehead atoms. The lowest BCUT2D eigenvalue weighted by molar-refractivity contribution is -0.143. The molecule has 0 aliphatic carbocycles. The van der Waals surface area contributed by atoms with E-state index in [2.05, 4.69) is 15.1 Å². The van der Waals surface area contributed by atoms with E-state index < -0.39 is 23.9 Å². The molecule has 0 fully saturated rings. The maximum Gasteiger partial charge on any atom is 0.432 e. The molecule has 0 saturated carbocycles. The Morgan fingerprint density at radius 1 is 1.03 bits per heavy atom. The molecule has 0 aliphatic rings. The number of aryl methyl sites for hydroxylation is 2. The van der Waals surface area contributed by atoms with E-state index in [1.165, 1.54) is 41.2 Å². The van der Waals surface area contributed by atoms with Crippen LogP contribution in [0.3, 0.4) is 0 Å². The molecule has 1 N–H and O–H groups in total. The average Bonchev–Trinajstić information content (AvgIpc) is 3.40. The van der Waals surface area contributed by atoms with Gasteiger partial charge in [0.15, 0.2) is 0 Å². The second kappa shape index (κ2) is 8.88. The van der Waals surface area contributed by atoms with Crippen molar-refractivity contribution in [1.82, 2.24) is 19.7 Å². The van der Waals surface area contributed by atoms with Crippen LogP contribution < -0.4 is 0 Å². The van der Waals surface area contributed by atoms with Crippen LogP contribution in [0.1, 0.15) is 46.2 Å². The molecule has 0 spiro atoms. The van der Waals surface area contributed by atoms with E-state index in [0.717, 1.165) is 0 Å². The lowest BCUT2D eigenvalue weighted by Gasteiger charge is -2.21. The summed E-state index contributed by atoms with van der Waals surface area (Å²) in [6.07, 6.45) is -1.72. The maximum absolute atomic E-state index is 14.8. The molecule has 4 aromatic heterocycles. The Labute approximate surface area is 209 Å². The normalized spacial score (nSPS) is 12.7. The van der Waals surface area contributed by atoms with Gasteiger partial charge >= 0.3 is 12.1 Å². The molecule has 37 heavy (non-hydrogen) atoms. The largest absolute Gasteiger partial charge is 0.478 e. The molecule has 0 aliphatic heterocycles. The molecule has 10 heteroatoms. The lowest BCUT2D eigenvalue weighted by Crippen LogP contribution is -2.19. The number of fused-ring (bicyclic) bond motifs is 1. The van der Waals surface area contributed by atoms with Gasteiger partial charge in [-0.25, -0.2) is 4.79 Å². The van der Waals surface area contributed by atoms with Crippen LogP contribution in [0.2, 0.25) is 0 Å². The minimum atomic E-state index is -4.76. The number of aromatic carboxylic acids is 1. The van der Waals surface area contributed by atoms with Crippen molar-refractivity contribution in [2.75, 3.05) is 0 Å². The van der Waals surface area contributed by atoms with E-state index in [0.29, 0.717) is 28.3 Å². The minimum Gasteiger partial charge on any atom is -0.478 e. The number of carboxylic acids is 1. The van der Waals surface area contributed by atoms with Crippen molar-refractivity contribution in [3.63, 3.8) is 0 Å². The Balaban J connectivity index is 1.87. The number of benzene rings is 1. The van der Waals surface area contributed by atoms with Gasteiger partial charge in [-0.15, -0.1) is 0 Å². The van der Waals surface area contributed by atoms with Gasteiger partial charge in [-0.3, -0.25) is 9.97 Å². The number of carbonyl (C=O) groups is 1. The number of alkyl halides is 3. The highest BCUT2D eigenvalue weighted by Gasteiger charge is 2.41. The third-order valence-corrected chi connectivity index (χ3v) is 6.36. The highest BCUT2D eigenvalue weighted by Crippen LogP contribution is 2.46. The van der Waals surface area contributed by atoms with Crippen molar-refractivity contribution in [2.45, 2.75) is 33.0 Å². The van der Waals surface area contributed by atoms with Gasteiger partial charge < -0.3 is 14.2 Å². The van der Waals surface area contributed by atoms with E-state index in [1.54, 1.807) is 45.0 Å². The molecule has 5 rings (SSSR count). The summed E-state index contributed by atoms with van der Waals surface area (Å²) in [5, 5.41) is 13.2. The van der Waals surface area contributed by atoms with Crippen molar-refractivity contribution >= 4 is 17.0 Å². The summed E-state index contributed by atoms with van der Waals surface area (Å²) in [5.41, 5.74) is 1.79. The molecule has 7 nitrogen and oxygen atoms in total. The van der Waals surface area contributed by atoms with Gasteiger partial charge in [0.25, 0.3) is 0 Å². The highest BCUT2D eigenvalue weighted by atomic mass is 19.4. The number of hydrogen-bond acceptors (Lipinski definition) is 5. The molecule has 1 aromatic carbocycles. The maximum atomic E-state index is 14.8. The first-order valence-electron chi connectivity index (χ1n) is 11.4. The third kappa shape index (κ3) is 4.14. The number of hydrogen-bond donors (Lipinski definition) is 1. The average molecular weight is 506 g/mol. The molecule has 1 atom stereocenters. The van der Waals surface area contributed by atoms with Crippen molar-refractivity contribution < 1.29 is 27.6 Å². The van der Waals surface area contributed by atoms with Crippen LogP contribution in [0.5, 0.6) is 0 Å². The van der Waals surface area contributed by atoms with Crippen LogP contribution in [0.15, 0.2) is 65.4 Å². The Hall–Kier alpha value is -4.47. The van der Waals surface area contributed by atoms with E-state index in [9.17, 15) is 23.1 Å². The molecule has 0 unspecified atom stereocenters. The molecule has 0 saturated heterocycles. The zero-order valence-corrected chi connectivity index (χ0v) is 20.0. The van der Waals surface area contributed by atoms with Crippen molar-refractivity contribution in [1.29, 1.82) is 0 Å². The lowest BCUT2D eigenvalue weighted by atomic mass is 10.0. The summed E-state index contributed by atoms with van der Waals surface area (Å²) in [7, 11) is 0. The van der Waals surface area contributed by atoms with Crippen molar-refractivity contribution in [2.24, 2.45) is 0 Å². The first-order valence-corrected chi connectivity index (χ1v) is 11.4. The first-order chi connectivity index (χ1) is 17.6. The zero-order valence-electron chi connectivity index (χ0n) is 20.0. The molecular formula is C27H21F3N4O3. The smallest absolute Gasteiger partial charge is 0.432 e. The predicted octanol–water partition coefficient (Wildman–Crippen LogP) is 6.70. The third-order valence-electron chi connectivity index (χ3n) is 6.36. The van der Waals surface area contributed by atoms with Gasteiger partial charge in [0.05, 0.1) is 34.0 Å². The summed E-state index contributed by atoms with van der Waals surface area (Å²) >= 11 is 0. The summed E-state index contributed by atoms with van der Waals surface area (Å²) in [4.78, 5) is 20.1. The van der Waals surface area contributed by atoms with Gasteiger partial charge in [0, 0.05) is 29.1 Å². The number of rotatable bonds is 5. The van der Waals surface area contributed by atoms with Crippen LogP contribution in [0.4, 0.5) is 13.2 Å². The second-order valence-electron chi connectivity index (χ2n) is 8.70. The fourth-order valence-corrected chi connectivity index (χ4v) is 4.70. The van der Waals surface area contributed by atoms with Crippen molar-refractivity contribution in [3.05, 3.63) is 89.3 Å². The Kier molecular flexibility index (Phi) is 5.82. The summed E-state index contributed by atoms with van der Waals surface area (Å²) in [6, 6.07) is 11.2. The summed E-state index contributed by atoms with van der Waals surface area (Å²) in [6.45, 7) is 5.13. The van der Waals surface area contributed by atoms with Crippen LogP contribution in [0, 0.1) is 13.8 Å². The topological polar surface area (TPSA) is 94.0 Å².